The molecule has 1 N–H and O–H groups in total. The number of piperidine rings is 1. The van der Waals surface area contributed by atoms with Crippen LogP contribution in [0.2, 0.25) is 0 Å². The van der Waals surface area contributed by atoms with E-state index < -0.39 is 0 Å². The van der Waals surface area contributed by atoms with Gasteiger partial charge in [0.2, 0.25) is 0 Å². The third-order valence-electron chi connectivity index (χ3n) is 4.49. The highest BCUT2D eigenvalue weighted by atomic mass is 16.5. The molecule has 0 aromatic heterocycles. The van der Waals surface area contributed by atoms with Crippen LogP contribution in [0.5, 0.6) is 5.75 Å². The van der Waals surface area contributed by atoms with E-state index in [2.05, 4.69) is 59.9 Å². The van der Waals surface area contributed by atoms with Gasteiger partial charge in [-0.1, -0.05) is 42.5 Å². The Morgan fingerprint density at radius 3 is 2.14 bits per heavy atom. The molecule has 0 saturated carbocycles. The number of nitrogens with one attached hydrogen (secondary N) is 1. The van der Waals surface area contributed by atoms with Crippen molar-refractivity contribution in [1.82, 2.24) is 5.32 Å². The second-order valence-corrected chi connectivity index (χ2v) is 5.75. The predicted octanol–water partition coefficient (Wildman–Crippen LogP) is 3.83. The van der Waals surface area contributed by atoms with Crippen LogP contribution in [0.15, 0.2) is 54.6 Å². The fourth-order valence-corrected chi connectivity index (χ4v) is 3.39. The standard InChI is InChI=1S/C19H23NO/c1-21-18-9-7-16(8-10-18)19(15-5-3-2-4-6-15)17-11-13-20-14-12-17/h2-10,17,19-20H,11-14H2,1H3/t19-/m1/s1. The molecule has 3 rings (SSSR count). The maximum Gasteiger partial charge on any atom is 0.118 e. The van der Waals surface area contributed by atoms with Gasteiger partial charge in [-0.2, -0.15) is 0 Å². The summed E-state index contributed by atoms with van der Waals surface area (Å²) in [6, 6.07) is 19.5. The van der Waals surface area contributed by atoms with Gasteiger partial charge in [0.05, 0.1) is 7.11 Å². The van der Waals surface area contributed by atoms with E-state index in [1.54, 1.807) is 7.11 Å². The molecular formula is C19H23NO. The maximum atomic E-state index is 5.29. The van der Waals surface area contributed by atoms with Gasteiger partial charge < -0.3 is 10.1 Å². The molecule has 21 heavy (non-hydrogen) atoms. The third kappa shape index (κ3) is 3.27. The zero-order valence-corrected chi connectivity index (χ0v) is 12.6. The Kier molecular flexibility index (Phi) is 4.56. The van der Waals surface area contributed by atoms with Crippen molar-refractivity contribution in [2.24, 2.45) is 5.92 Å². The molecular weight excluding hydrogens is 258 g/mol. The van der Waals surface area contributed by atoms with Crippen molar-refractivity contribution in [1.29, 1.82) is 0 Å². The van der Waals surface area contributed by atoms with Crippen LogP contribution in [0.3, 0.4) is 0 Å². The summed E-state index contributed by atoms with van der Waals surface area (Å²) in [5, 5.41) is 3.47. The van der Waals surface area contributed by atoms with Crippen molar-refractivity contribution in [2.45, 2.75) is 18.8 Å². The highest BCUT2D eigenvalue weighted by Crippen LogP contribution is 2.37. The van der Waals surface area contributed by atoms with Crippen LogP contribution < -0.4 is 10.1 Å². The SMILES string of the molecule is COc1ccc([C@@H](c2ccccc2)C2CCNCC2)cc1. The van der Waals surface area contributed by atoms with E-state index in [1.165, 1.54) is 24.0 Å². The summed E-state index contributed by atoms with van der Waals surface area (Å²) < 4.78 is 5.29. The summed E-state index contributed by atoms with van der Waals surface area (Å²) in [6.07, 6.45) is 2.48. The molecule has 1 atom stereocenters. The molecule has 1 heterocycles. The second-order valence-electron chi connectivity index (χ2n) is 5.75. The van der Waals surface area contributed by atoms with E-state index in [1.807, 2.05) is 0 Å². The van der Waals surface area contributed by atoms with Gasteiger partial charge in [0.25, 0.3) is 0 Å². The minimum atomic E-state index is 0.485. The van der Waals surface area contributed by atoms with E-state index in [-0.39, 0.29) is 0 Å². The van der Waals surface area contributed by atoms with E-state index in [9.17, 15) is 0 Å². The van der Waals surface area contributed by atoms with Crippen molar-refractivity contribution in [3.8, 4) is 5.75 Å². The summed E-state index contributed by atoms with van der Waals surface area (Å²) in [5.41, 5.74) is 2.82. The van der Waals surface area contributed by atoms with Crippen LogP contribution in [0.1, 0.15) is 29.9 Å². The van der Waals surface area contributed by atoms with E-state index in [4.69, 9.17) is 4.74 Å². The third-order valence-corrected chi connectivity index (χ3v) is 4.49. The Morgan fingerprint density at radius 1 is 0.905 bits per heavy atom. The van der Waals surface area contributed by atoms with Crippen LogP contribution in [0.25, 0.3) is 0 Å². The van der Waals surface area contributed by atoms with Crippen LogP contribution in [0.4, 0.5) is 0 Å². The monoisotopic (exact) mass is 281 g/mol. The minimum Gasteiger partial charge on any atom is -0.497 e. The first-order valence-corrected chi connectivity index (χ1v) is 7.78. The van der Waals surface area contributed by atoms with Gasteiger partial charge in [0, 0.05) is 5.92 Å². The summed E-state index contributed by atoms with van der Waals surface area (Å²) in [7, 11) is 1.72. The molecule has 2 aromatic carbocycles. The fourth-order valence-electron chi connectivity index (χ4n) is 3.39. The molecule has 0 spiro atoms. The highest BCUT2D eigenvalue weighted by Gasteiger charge is 2.26. The van der Waals surface area contributed by atoms with Gasteiger partial charge in [0.15, 0.2) is 0 Å². The number of ether oxygens (including phenoxy) is 1. The molecule has 0 radical (unpaired) electrons. The summed E-state index contributed by atoms with van der Waals surface area (Å²) in [4.78, 5) is 0. The summed E-state index contributed by atoms with van der Waals surface area (Å²) >= 11 is 0. The van der Waals surface area contributed by atoms with Gasteiger partial charge in [0.1, 0.15) is 5.75 Å². The summed E-state index contributed by atoms with van der Waals surface area (Å²) in [6.45, 7) is 2.26. The van der Waals surface area contributed by atoms with Crippen molar-refractivity contribution >= 4 is 0 Å². The molecule has 1 aliphatic heterocycles. The Bertz CT molecular complexity index is 544. The van der Waals surface area contributed by atoms with Crippen molar-refractivity contribution < 1.29 is 4.74 Å². The quantitative estimate of drug-likeness (QED) is 0.919. The topological polar surface area (TPSA) is 21.3 Å². The lowest BCUT2D eigenvalue weighted by Gasteiger charge is -2.31. The molecule has 0 bridgehead atoms. The Labute approximate surface area is 127 Å². The number of rotatable bonds is 4. The van der Waals surface area contributed by atoms with Crippen LogP contribution in [-0.4, -0.2) is 20.2 Å². The van der Waals surface area contributed by atoms with Gasteiger partial charge in [-0.25, -0.2) is 0 Å². The zero-order valence-electron chi connectivity index (χ0n) is 12.6. The first-order chi connectivity index (χ1) is 10.4. The molecule has 0 amide bonds. The largest absolute Gasteiger partial charge is 0.497 e. The first-order valence-electron chi connectivity index (χ1n) is 7.78. The molecule has 1 aliphatic rings. The molecule has 0 aliphatic carbocycles. The zero-order chi connectivity index (χ0) is 14.5. The molecule has 2 aromatic rings. The predicted molar refractivity (Wildman–Crippen MR) is 86.9 cm³/mol. The Hall–Kier alpha value is -1.80. The molecule has 0 unspecified atom stereocenters. The van der Waals surface area contributed by atoms with Crippen molar-refractivity contribution in [3.05, 3.63) is 65.7 Å². The molecule has 110 valence electrons. The normalized spacial score (nSPS) is 17.4. The molecule has 1 saturated heterocycles. The average Bonchev–Trinajstić information content (AvgIpc) is 2.58. The number of benzene rings is 2. The van der Waals surface area contributed by atoms with Gasteiger partial charge in [-0.05, 0) is 55.1 Å². The number of hydrogen-bond donors (Lipinski definition) is 1. The van der Waals surface area contributed by atoms with Crippen molar-refractivity contribution in [3.63, 3.8) is 0 Å². The van der Waals surface area contributed by atoms with E-state index in [0.29, 0.717) is 11.8 Å². The lowest BCUT2D eigenvalue weighted by Crippen LogP contribution is -2.31. The number of hydrogen-bond acceptors (Lipinski definition) is 2. The van der Waals surface area contributed by atoms with Gasteiger partial charge in [-0.15, -0.1) is 0 Å². The Morgan fingerprint density at radius 2 is 1.52 bits per heavy atom. The maximum absolute atomic E-state index is 5.29. The van der Waals surface area contributed by atoms with Gasteiger partial charge in [-0.3, -0.25) is 0 Å². The average molecular weight is 281 g/mol. The molecule has 1 fully saturated rings. The van der Waals surface area contributed by atoms with Crippen LogP contribution in [-0.2, 0) is 0 Å². The van der Waals surface area contributed by atoms with E-state index >= 15 is 0 Å². The second kappa shape index (κ2) is 6.77. The summed E-state index contributed by atoms with van der Waals surface area (Å²) in [5.74, 6) is 2.12. The van der Waals surface area contributed by atoms with E-state index in [0.717, 1.165) is 18.8 Å². The molecule has 2 heteroatoms. The van der Waals surface area contributed by atoms with Gasteiger partial charge >= 0.3 is 0 Å². The highest BCUT2D eigenvalue weighted by molar-refractivity contribution is 5.36. The fraction of sp³-hybridized carbons (Fsp3) is 0.368. The smallest absolute Gasteiger partial charge is 0.118 e. The number of methoxy groups -OCH3 is 1. The van der Waals surface area contributed by atoms with Crippen LogP contribution in [0, 0.1) is 5.92 Å². The minimum absolute atomic E-state index is 0.485. The lowest BCUT2D eigenvalue weighted by atomic mass is 9.76. The first kappa shape index (κ1) is 14.2. The van der Waals surface area contributed by atoms with Crippen molar-refractivity contribution in [2.75, 3.05) is 20.2 Å². The molecule has 2 nitrogen and oxygen atoms in total. The van der Waals surface area contributed by atoms with Crippen LogP contribution >= 0.6 is 0 Å². The Balaban J connectivity index is 1.94. The lowest BCUT2D eigenvalue weighted by molar-refractivity contribution is 0.342.